The minimum absolute atomic E-state index is 0.0184. The molecule has 5 rings (SSSR count). The Morgan fingerprint density at radius 2 is 1.94 bits per heavy atom. The number of nitrogens with zero attached hydrogens (tertiary/aromatic N) is 1. The zero-order valence-corrected chi connectivity index (χ0v) is 17.6. The van der Waals surface area contributed by atoms with Crippen LogP contribution in [-0.2, 0) is 0 Å². The number of nitrogens with one attached hydrogen (secondary N) is 2. The Balaban J connectivity index is 1.44. The number of amides is 1. The fourth-order valence-electron chi connectivity index (χ4n) is 4.82. The van der Waals surface area contributed by atoms with E-state index < -0.39 is 0 Å². The van der Waals surface area contributed by atoms with Crippen LogP contribution in [0.4, 0.5) is 17.1 Å². The molecular formula is C26H23N3O3. The Bertz CT molecular complexity index is 1250. The molecule has 0 fully saturated rings. The van der Waals surface area contributed by atoms with Gasteiger partial charge in [-0.15, -0.1) is 0 Å². The molecule has 32 heavy (non-hydrogen) atoms. The summed E-state index contributed by atoms with van der Waals surface area (Å²) in [7, 11) is 0. The molecule has 6 nitrogen and oxygen atoms in total. The SMILES string of the molecule is Cc1cccc(C(=O)Nc2ccc3c(c2)C2C=CCC2C(c2cccc([N+](=O)[O-])c2)N3)c1. The molecule has 160 valence electrons. The second-order valence-corrected chi connectivity index (χ2v) is 8.45. The molecule has 2 aliphatic rings. The molecule has 3 aromatic rings. The highest BCUT2D eigenvalue weighted by atomic mass is 16.6. The number of nitro groups is 1. The third kappa shape index (κ3) is 3.64. The van der Waals surface area contributed by atoms with E-state index in [1.807, 2.05) is 55.5 Å². The maximum absolute atomic E-state index is 12.7. The first-order valence-corrected chi connectivity index (χ1v) is 10.7. The van der Waals surface area contributed by atoms with Crippen LogP contribution in [0.2, 0.25) is 0 Å². The van der Waals surface area contributed by atoms with E-state index in [-0.39, 0.29) is 34.4 Å². The van der Waals surface area contributed by atoms with Gasteiger partial charge in [0.1, 0.15) is 0 Å². The first-order chi connectivity index (χ1) is 15.5. The Kier molecular flexibility index (Phi) is 4.98. The average molecular weight is 425 g/mol. The van der Waals surface area contributed by atoms with Crippen molar-refractivity contribution in [3.8, 4) is 0 Å². The zero-order valence-electron chi connectivity index (χ0n) is 17.6. The molecule has 3 atom stereocenters. The van der Waals surface area contributed by atoms with E-state index in [9.17, 15) is 14.9 Å². The summed E-state index contributed by atoms with van der Waals surface area (Å²) in [5, 5.41) is 17.9. The number of nitro benzene ring substituents is 1. The number of hydrogen-bond acceptors (Lipinski definition) is 4. The van der Waals surface area contributed by atoms with Gasteiger partial charge in [-0.25, -0.2) is 0 Å². The minimum Gasteiger partial charge on any atom is -0.378 e. The molecule has 0 spiro atoms. The molecule has 0 saturated heterocycles. The number of hydrogen-bond donors (Lipinski definition) is 2. The normalized spacial score (nSPS) is 20.7. The summed E-state index contributed by atoms with van der Waals surface area (Å²) >= 11 is 0. The fraction of sp³-hybridized carbons (Fsp3) is 0.192. The largest absolute Gasteiger partial charge is 0.378 e. The minimum atomic E-state index is -0.353. The van der Waals surface area contributed by atoms with Gasteiger partial charge in [0.25, 0.3) is 11.6 Å². The van der Waals surface area contributed by atoms with Crippen molar-refractivity contribution in [3.05, 3.63) is 111 Å². The van der Waals surface area contributed by atoms with Gasteiger partial charge in [0, 0.05) is 35.0 Å². The van der Waals surface area contributed by atoms with E-state index >= 15 is 0 Å². The van der Waals surface area contributed by atoms with Crippen LogP contribution in [0, 0.1) is 23.0 Å². The van der Waals surface area contributed by atoms with Crippen molar-refractivity contribution in [1.82, 2.24) is 0 Å². The first-order valence-electron chi connectivity index (χ1n) is 10.7. The summed E-state index contributed by atoms with van der Waals surface area (Å²) in [6.45, 7) is 1.96. The number of aryl methyl sites for hydroxylation is 1. The third-order valence-corrected chi connectivity index (χ3v) is 6.34. The van der Waals surface area contributed by atoms with Gasteiger partial charge in [-0.3, -0.25) is 14.9 Å². The van der Waals surface area contributed by atoms with Crippen molar-refractivity contribution in [2.24, 2.45) is 5.92 Å². The number of allylic oxidation sites excluding steroid dienone is 2. The van der Waals surface area contributed by atoms with Crippen LogP contribution in [0.5, 0.6) is 0 Å². The highest BCUT2D eigenvalue weighted by Gasteiger charge is 2.38. The molecule has 1 aliphatic carbocycles. The van der Waals surface area contributed by atoms with Crippen LogP contribution < -0.4 is 10.6 Å². The van der Waals surface area contributed by atoms with E-state index in [1.165, 1.54) is 6.07 Å². The van der Waals surface area contributed by atoms with Crippen LogP contribution in [0.15, 0.2) is 78.9 Å². The number of anilines is 2. The van der Waals surface area contributed by atoms with E-state index in [2.05, 4.69) is 22.8 Å². The lowest BCUT2D eigenvalue weighted by Gasteiger charge is -2.37. The molecule has 0 saturated carbocycles. The van der Waals surface area contributed by atoms with Gasteiger partial charge in [-0.05, 0) is 60.7 Å². The van der Waals surface area contributed by atoms with Gasteiger partial charge in [-0.2, -0.15) is 0 Å². The Morgan fingerprint density at radius 1 is 1.09 bits per heavy atom. The lowest BCUT2D eigenvalue weighted by molar-refractivity contribution is -0.384. The van der Waals surface area contributed by atoms with Gasteiger partial charge in [0.05, 0.1) is 11.0 Å². The molecule has 1 amide bonds. The number of rotatable bonds is 4. The van der Waals surface area contributed by atoms with Gasteiger partial charge in [0.2, 0.25) is 0 Å². The molecular weight excluding hydrogens is 402 g/mol. The maximum atomic E-state index is 12.7. The zero-order chi connectivity index (χ0) is 22.2. The summed E-state index contributed by atoms with van der Waals surface area (Å²) in [5.41, 5.74) is 5.57. The van der Waals surface area contributed by atoms with Crippen LogP contribution in [-0.4, -0.2) is 10.8 Å². The van der Waals surface area contributed by atoms with E-state index in [0.717, 1.165) is 34.5 Å². The number of fused-ring (bicyclic) bond motifs is 3. The third-order valence-electron chi connectivity index (χ3n) is 6.34. The predicted octanol–water partition coefficient (Wildman–Crippen LogP) is 5.98. The summed E-state index contributed by atoms with van der Waals surface area (Å²) in [6, 6.07) is 20.3. The topological polar surface area (TPSA) is 84.3 Å². The smallest absolute Gasteiger partial charge is 0.269 e. The van der Waals surface area contributed by atoms with Gasteiger partial charge in [0.15, 0.2) is 0 Å². The quantitative estimate of drug-likeness (QED) is 0.306. The number of benzene rings is 3. The van der Waals surface area contributed by atoms with Gasteiger partial charge in [-0.1, -0.05) is 42.0 Å². The van der Waals surface area contributed by atoms with Gasteiger partial charge >= 0.3 is 0 Å². The number of carbonyl (C=O) groups excluding carboxylic acids is 1. The van der Waals surface area contributed by atoms with Crippen LogP contribution in [0.3, 0.4) is 0 Å². The second-order valence-electron chi connectivity index (χ2n) is 8.45. The van der Waals surface area contributed by atoms with Crippen LogP contribution >= 0.6 is 0 Å². The summed E-state index contributed by atoms with van der Waals surface area (Å²) in [5.74, 6) is 0.309. The molecule has 1 heterocycles. The maximum Gasteiger partial charge on any atom is 0.269 e. The fourth-order valence-corrected chi connectivity index (χ4v) is 4.82. The summed E-state index contributed by atoms with van der Waals surface area (Å²) < 4.78 is 0. The first kappa shape index (κ1) is 20.0. The van der Waals surface area contributed by atoms with Crippen LogP contribution in [0.1, 0.15) is 45.4 Å². The van der Waals surface area contributed by atoms with E-state index in [4.69, 9.17) is 0 Å². The summed E-state index contributed by atoms with van der Waals surface area (Å²) in [4.78, 5) is 23.6. The predicted molar refractivity (Wildman–Crippen MR) is 125 cm³/mol. The Labute approximate surface area is 186 Å². The Hall–Kier alpha value is -3.93. The lowest BCUT2D eigenvalue weighted by Crippen LogP contribution is -2.29. The van der Waals surface area contributed by atoms with Crippen molar-refractivity contribution in [3.63, 3.8) is 0 Å². The highest BCUT2D eigenvalue weighted by Crippen LogP contribution is 2.50. The molecule has 2 N–H and O–H groups in total. The highest BCUT2D eigenvalue weighted by molar-refractivity contribution is 6.04. The van der Waals surface area contributed by atoms with E-state index in [1.54, 1.807) is 12.1 Å². The molecule has 6 heteroatoms. The van der Waals surface area contributed by atoms with E-state index in [0.29, 0.717) is 5.56 Å². The molecule has 0 aromatic heterocycles. The van der Waals surface area contributed by atoms with Crippen molar-refractivity contribution in [2.45, 2.75) is 25.3 Å². The van der Waals surface area contributed by atoms with Crippen molar-refractivity contribution >= 4 is 23.0 Å². The number of carbonyl (C=O) groups is 1. The Morgan fingerprint density at radius 3 is 2.75 bits per heavy atom. The molecule has 1 aliphatic heterocycles. The molecule has 3 aromatic carbocycles. The molecule has 3 unspecified atom stereocenters. The van der Waals surface area contributed by atoms with Crippen molar-refractivity contribution < 1.29 is 9.72 Å². The lowest BCUT2D eigenvalue weighted by atomic mass is 9.77. The van der Waals surface area contributed by atoms with Crippen molar-refractivity contribution in [1.29, 1.82) is 0 Å². The molecule has 0 bridgehead atoms. The molecule has 0 radical (unpaired) electrons. The van der Waals surface area contributed by atoms with Crippen molar-refractivity contribution in [2.75, 3.05) is 10.6 Å². The average Bonchev–Trinajstić information content (AvgIpc) is 3.29. The summed E-state index contributed by atoms with van der Waals surface area (Å²) in [6.07, 6.45) is 5.28. The standard InChI is InChI=1S/C26H23N3O3/c1-16-5-2-7-18(13-16)26(30)27-19-11-12-24-23(15-19)21-9-4-10-22(21)25(28-24)17-6-3-8-20(14-17)29(31)32/h2-9,11-15,21-22,25,28H,10H2,1H3,(H,27,30). The monoisotopic (exact) mass is 425 g/mol. The number of non-ortho nitro benzene ring substituents is 1. The van der Waals surface area contributed by atoms with Gasteiger partial charge < -0.3 is 10.6 Å². The van der Waals surface area contributed by atoms with Crippen LogP contribution in [0.25, 0.3) is 0 Å². The second kappa shape index (κ2) is 7.96.